The van der Waals surface area contributed by atoms with Gasteiger partial charge in [-0.1, -0.05) is 50.7 Å². The van der Waals surface area contributed by atoms with Gasteiger partial charge in [-0.25, -0.2) is 0 Å². The fourth-order valence-electron chi connectivity index (χ4n) is 3.90. The molecule has 0 radical (unpaired) electrons. The van der Waals surface area contributed by atoms with Crippen LogP contribution in [0.15, 0.2) is 29.2 Å². The Morgan fingerprint density at radius 2 is 1.77 bits per heavy atom. The molecule has 0 bridgehead atoms. The number of carbonyl (C=O) groups excluding carboxylic acids is 2. The van der Waals surface area contributed by atoms with Crippen molar-refractivity contribution in [3.63, 3.8) is 0 Å². The predicted molar refractivity (Wildman–Crippen MR) is 145 cm³/mol. The van der Waals surface area contributed by atoms with E-state index >= 15 is 0 Å². The van der Waals surface area contributed by atoms with Crippen LogP contribution in [0.25, 0.3) is 0 Å². The highest BCUT2D eigenvalue weighted by molar-refractivity contribution is 7.99. The Morgan fingerprint density at radius 3 is 2.40 bits per heavy atom. The Hall–Kier alpha value is -1.52. The van der Waals surface area contributed by atoms with E-state index < -0.39 is 24.6 Å². The number of hydrogen-bond donors (Lipinski definition) is 3. The normalized spacial score (nSPS) is 15.8. The number of amides is 1. The van der Waals surface area contributed by atoms with Crippen molar-refractivity contribution in [1.82, 2.24) is 5.32 Å². The van der Waals surface area contributed by atoms with Gasteiger partial charge in [0.1, 0.15) is 12.6 Å². The Balaban J connectivity index is 0.00000578. The number of nitrogens with zero attached hydrogens (tertiary/aromatic N) is 1. The minimum atomic E-state index is -1.09. The molecule has 11 heteroatoms. The van der Waals surface area contributed by atoms with E-state index in [1.165, 1.54) is 23.1 Å². The molecule has 1 aromatic rings. The van der Waals surface area contributed by atoms with Crippen LogP contribution in [0.5, 0.6) is 0 Å². The lowest BCUT2D eigenvalue weighted by molar-refractivity contribution is -0.146. The minimum absolute atomic E-state index is 0. The van der Waals surface area contributed by atoms with Gasteiger partial charge in [-0.15, -0.1) is 36.6 Å². The number of carboxylic acids is 1. The number of nitrogens with one attached hydrogen (secondary N) is 1. The first kappa shape index (κ1) is 33.5. The van der Waals surface area contributed by atoms with E-state index in [0.717, 1.165) is 50.0 Å². The van der Waals surface area contributed by atoms with Gasteiger partial charge in [0, 0.05) is 10.6 Å². The number of nitrogens with two attached hydrogens (primary N) is 1. The molecule has 0 saturated heterocycles. The van der Waals surface area contributed by atoms with Crippen LogP contribution in [0.3, 0.4) is 0 Å². The Bertz CT molecular complexity index is 787. The molecule has 1 aliphatic rings. The number of hydrogen-bond acceptors (Lipinski definition) is 7. The van der Waals surface area contributed by atoms with Crippen molar-refractivity contribution < 1.29 is 24.2 Å². The average molecular weight is 553 g/mol. The molecular weight excluding hydrogens is 513 g/mol. The first-order valence-electron chi connectivity index (χ1n) is 11.9. The summed E-state index contributed by atoms with van der Waals surface area (Å²) in [5, 5.41) is 12.6. The van der Waals surface area contributed by atoms with Gasteiger partial charge < -0.3 is 15.6 Å². The van der Waals surface area contributed by atoms with Gasteiger partial charge in [-0.05, 0) is 38.4 Å². The standard InChI is InChI=1S/C24H37N3O5S.2ClH/c1-2-32-24(31)18(12-8-6-4-3-5-7-11-15-25)26-19-17-33-21-14-10-9-13-20(21)27(23(19)30)16-22(28)29;;/h9-10,13-14,18-19,26H,2-8,11-12,15-17,25H2,1H3,(H,28,29);2*1H/t18-,19-;;/m0../s1. The quantitative estimate of drug-likeness (QED) is 0.220. The molecule has 0 saturated carbocycles. The smallest absolute Gasteiger partial charge is 0.323 e. The van der Waals surface area contributed by atoms with Gasteiger partial charge in [0.05, 0.1) is 18.3 Å². The number of carbonyl (C=O) groups is 3. The number of para-hydroxylation sites is 1. The first-order chi connectivity index (χ1) is 16.0. The summed E-state index contributed by atoms with van der Waals surface area (Å²) in [7, 11) is 0. The summed E-state index contributed by atoms with van der Waals surface area (Å²) >= 11 is 1.48. The summed E-state index contributed by atoms with van der Waals surface area (Å²) in [6.45, 7) is 2.33. The highest BCUT2D eigenvalue weighted by Gasteiger charge is 2.34. The van der Waals surface area contributed by atoms with E-state index in [9.17, 15) is 19.5 Å². The molecule has 0 spiro atoms. The molecule has 0 aromatic heterocycles. The lowest BCUT2D eigenvalue weighted by Crippen LogP contribution is -2.54. The van der Waals surface area contributed by atoms with Crippen LogP contribution in [-0.4, -0.2) is 60.5 Å². The number of ether oxygens (including phenoxy) is 1. The van der Waals surface area contributed by atoms with E-state index in [1.54, 1.807) is 19.1 Å². The fourth-order valence-corrected chi connectivity index (χ4v) is 4.99. The van der Waals surface area contributed by atoms with Gasteiger partial charge in [0.2, 0.25) is 5.91 Å². The molecule has 0 unspecified atom stereocenters. The van der Waals surface area contributed by atoms with Crippen molar-refractivity contribution in [1.29, 1.82) is 0 Å². The number of thioether (sulfide) groups is 1. The molecule has 2 rings (SSSR count). The number of halogens is 2. The van der Waals surface area contributed by atoms with E-state index in [2.05, 4.69) is 5.32 Å². The molecule has 1 aromatic carbocycles. The van der Waals surface area contributed by atoms with Gasteiger partial charge in [-0.3, -0.25) is 24.6 Å². The van der Waals surface area contributed by atoms with Gasteiger partial charge >= 0.3 is 11.9 Å². The summed E-state index contributed by atoms with van der Waals surface area (Å²) in [5.74, 6) is -1.39. The van der Waals surface area contributed by atoms with E-state index in [-0.39, 0.29) is 43.3 Å². The van der Waals surface area contributed by atoms with E-state index in [0.29, 0.717) is 17.9 Å². The number of rotatable bonds is 15. The second kappa shape index (κ2) is 18.7. The zero-order chi connectivity index (χ0) is 24.1. The maximum Gasteiger partial charge on any atom is 0.323 e. The van der Waals surface area contributed by atoms with Crippen LogP contribution in [0.1, 0.15) is 58.3 Å². The van der Waals surface area contributed by atoms with Crippen LogP contribution in [-0.2, 0) is 19.1 Å². The summed E-state index contributed by atoms with van der Waals surface area (Å²) in [5.41, 5.74) is 6.11. The van der Waals surface area contributed by atoms with Crippen molar-refractivity contribution in [2.75, 3.05) is 30.3 Å². The fraction of sp³-hybridized carbons (Fsp3) is 0.625. The van der Waals surface area contributed by atoms with E-state index in [1.807, 2.05) is 12.1 Å². The first-order valence-corrected chi connectivity index (χ1v) is 12.8. The number of esters is 1. The zero-order valence-electron chi connectivity index (χ0n) is 20.3. The van der Waals surface area contributed by atoms with Crippen LogP contribution in [0, 0.1) is 0 Å². The van der Waals surface area contributed by atoms with Crippen LogP contribution in [0.2, 0.25) is 0 Å². The average Bonchev–Trinajstić information content (AvgIpc) is 2.92. The second-order valence-corrected chi connectivity index (χ2v) is 9.23. The number of benzene rings is 1. The molecule has 2 atom stereocenters. The monoisotopic (exact) mass is 551 g/mol. The summed E-state index contributed by atoms with van der Waals surface area (Å²) < 4.78 is 5.25. The van der Waals surface area contributed by atoms with E-state index in [4.69, 9.17) is 10.5 Å². The SMILES string of the molecule is CCOC(=O)[C@H](CCCCCCCCCN)N[C@H]1CSc2ccccc2N(CC(=O)O)C1=O.Cl.Cl. The Morgan fingerprint density at radius 1 is 1.14 bits per heavy atom. The third-order valence-electron chi connectivity index (χ3n) is 5.59. The lowest BCUT2D eigenvalue weighted by atomic mass is 10.0. The third-order valence-corrected chi connectivity index (χ3v) is 6.75. The number of anilines is 1. The van der Waals surface area contributed by atoms with Crippen LogP contribution in [0.4, 0.5) is 5.69 Å². The number of carboxylic acid groups (broad SMARTS) is 1. The Kier molecular flexibility index (Phi) is 17.9. The van der Waals surface area contributed by atoms with Crippen molar-refractivity contribution in [3.05, 3.63) is 24.3 Å². The summed E-state index contributed by atoms with van der Waals surface area (Å²) in [6, 6.07) is 5.98. The molecule has 0 aliphatic carbocycles. The number of unbranched alkanes of at least 4 members (excludes halogenated alkanes) is 6. The minimum Gasteiger partial charge on any atom is -0.480 e. The number of aliphatic carboxylic acids is 1. The topological polar surface area (TPSA) is 122 Å². The van der Waals surface area contributed by atoms with Crippen molar-refractivity contribution in [2.45, 2.75) is 75.3 Å². The molecule has 35 heavy (non-hydrogen) atoms. The van der Waals surface area contributed by atoms with Crippen molar-refractivity contribution in [3.8, 4) is 0 Å². The molecule has 8 nitrogen and oxygen atoms in total. The highest BCUT2D eigenvalue weighted by Crippen LogP contribution is 2.34. The van der Waals surface area contributed by atoms with Crippen molar-refractivity contribution >= 4 is 60.1 Å². The summed E-state index contributed by atoms with van der Waals surface area (Å²) in [4.78, 5) is 39.5. The van der Waals surface area contributed by atoms with Crippen molar-refractivity contribution in [2.24, 2.45) is 5.73 Å². The molecule has 200 valence electrons. The largest absolute Gasteiger partial charge is 0.480 e. The molecular formula is C24H39Cl2N3O5S. The van der Waals surface area contributed by atoms with Gasteiger partial charge in [-0.2, -0.15) is 0 Å². The molecule has 1 heterocycles. The number of fused-ring (bicyclic) bond motifs is 1. The maximum atomic E-state index is 13.3. The maximum absolute atomic E-state index is 13.3. The molecule has 0 fully saturated rings. The Labute approximate surface area is 224 Å². The third kappa shape index (κ3) is 11.4. The zero-order valence-corrected chi connectivity index (χ0v) is 22.7. The molecule has 4 N–H and O–H groups in total. The van der Waals surface area contributed by atoms with Gasteiger partial charge in [0.15, 0.2) is 0 Å². The van der Waals surface area contributed by atoms with Crippen LogP contribution >= 0.6 is 36.6 Å². The summed E-state index contributed by atoms with van der Waals surface area (Å²) in [6.07, 6.45) is 8.06. The lowest BCUT2D eigenvalue weighted by Gasteiger charge is -2.27. The molecule has 1 amide bonds. The second-order valence-electron chi connectivity index (χ2n) is 8.17. The molecule has 1 aliphatic heterocycles. The predicted octanol–water partition coefficient (Wildman–Crippen LogP) is 4.02. The highest BCUT2D eigenvalue weighted by atomic mass is 35.5. The van der Waals surface area contributed by atoms with Crippen LogP contribution < -0.4 is 16.0 Å². The van der Waals surface area contributed by atoms with Gasteiger partial charge in [0.25, 0.3) is 0 Å².